The molecule has 5 unspecified atom stereocenters. The summed E-state index contributed by atoms with van der Waals surface area (Å²) in [6, 6.07) is 10.4. The third-order valence-corrected chi connectivity index (χ3v) is 11.3. The first-order valence-corrected chi connectivity index (χ1v) is 19.5. The number of likely N-dealkylation sites (tertiary alicyclic amines) is 2. The summed E-state index contributed by atoms with van der Waals surface area (Å²) in [5.41, 5.74) is 3.98. The van der Waals surface area contributed by atoms with E-state index in [1.807, 2.05) is 50.4 Å². The molecule has 2 saturated heterocycles. The maximum absolute atomic E-state index is 15.7. The Bertz CT molecular complexity index is 2020. The number of rotatable bonds is 11. The molecule has 0 bridgehead atoms. The molecule has 4 amide bonds. The first kappa shape index (κ1) is 39.3. The number of halogens is 1. The quantitative estimate of drug-likeness (QED) is 0.141. The molecule has 4 aromatic rings. The normalized spacial score (nSPS) is 19.3. The van der Waals surface area contributed by atoms with Crippen LogP contribution in [0.4, 0.5) is 14.0 Å². The fraction of sp³-hybridized carbons (Fsp3) is 0.436. The van der Waals surface area contributed by atoms with Crippen LogP contribution in [0.15, 0.2) is 54.9 Å². The minimum atomic E-state index is -0.778. The number of hydrogen-bond donors (Lipinski definition) is 4. The van der Waals surface area contributed by atoms with Gasteiger partial charge in [0.05, 0.1) is 50.1 Å². The van der Waals surface area contributed by atoms with Crippen molar-refractivity contribution >= 4 is 35.8 Å². The van der Waals surface area contributed by atoms with Crippen LogP contribution in [0.2, 0.25) is 0 Å². The van der Waals surface area contributed by atoms with Gasteiger partial charge in [0.25, 0.3) is 0 Å². The van der Waals surface area contributed by atoms with E-state index in [0.29, 0.717) is 53.5 Å². The second-order valence-corrected chi connectivity index (χ2v) is 15.3. The predicted molar refractivity (Wildman–Crippen MR) is 206 cm³/mol. The van der Waals surface area contributed by atoms with Gasteiger partial charge in [0.1, 0.15) is 29.5 Å². The highest BCUT2D eigenvalue weighted by Crippen LogP contribution is 2.38. The number of benzene rings is 2. The number of hydrogen-bond acceptors (Lipinski definition) is 9. The van der Waals surface area contributed by atoms with Crippen molar-refractivity contribution in [2.24, 2.45) is 5.92 Å². The summed E-state index contributed by atoms with van der Waals surface area (Å²) < 4.78 is 25.1. The number of nitrogens with one attached hydrogen (secondary N) is 4. The smallest absolute Gasteiger partial charge is 0.407 e. The van der Waals surface area contributed by atoms with Crippen molar-refractivity contribution < 1.29 is 33.0 Å². The van der Waals surface area contributed by atoms with E-state index in [0.717, 1.165) is 24.1 Å². The average Bonchev–Trinajstić information content (AvgIpc) is 4.02. The third kappa shape index (κ3) is 8.48. The van der Waals surface area contributed by atoms with E-state index < -0.39 is 30.1 Å². The van der Waals surface area contributed by atoms with Crippen molar-refractivity contribution in [3.8, 4) is 33.6 Å². The van der Waals surface area contributed by atoms with Gasteiger partial charge in [0.2, 0.25) is 11.8 Å². The molecule has 0 spiro atoms. The zero-order valence-electron chi connectivity index (χ0n) is 31.7. The lowest BCUT2D eigenvalue weighted by atomic mass is 10.0. The summed E-state index contributed by atoms with van der Waals surface area (Å²) in [6.07, 6.45) is 6.28. The van der Waals surface area contributed by atoms with Crippen LogP contribution < -0.4 is 10.6 Å². The molecule has 55 heavy (non-hydrogen) atoms. The highest BCUT2D eigenvalue weighted by molar-refractivity contribution is 7.99. The summed E-state index contributed by atoms with van der Waals surface area (Å²) in [4.78, 5) is 69.9. The Morgan fingerprint density at radius 2 is 1.44 bits per heavy atom. The zero-order chi connectivity index (χ0) is 39.4. The van der Waals surface area contributed by atoms with Gasteiger partial charge in [-0.05, 0) is 55.6 Å². The van der Waals surface area contributed by atoms with E-state index >= 15 is 4.39 Å². The molecule has 2 aliphatic rings. The van der Waals surface area contributed by atoms with Crippen LogP contribution >= 0.6 is 11.8 Å². The number of aromatic amines is 2. The van der Waals surface area contributed by atoms with E-state index in [1.54, 1.807) is 46.9 Å². The number of nitrogens with zero attached hydrogens (tertiary/aromatic N) is 4. The summed E-state index contributed by atoms with van der Waals surface area (Å²) in [5, 5.41) is 5.41. The standard InChI is InChI=1S/C39H47FN8O6S/c1-21(2)33(46-39(52)54-5)37(50)47-15-7-8-31(47)34-41-18-29(44-34)24-11-9-23(10-12-24)27-14-13-25(16-28(27)40)30-19-42-35(45-30)32-17-26(55-6)20-48(32)36(49)22(3)43-38(51)53-4/h9-14,16,18-19,21-22,26,31-33H,7-8,15,17,20H2,1-6H3,(H,41,44)(H,42,45)(H,43,51)(H,46,52). The molecule has 0 saturated carbocycles. The van der Waals surface area contributed by atoms with Crippen LogP contribution in [0.25, 0.3) is 33.6 Å². The number of amides is 4. The van der Waals surface area contributed by atoms with Gasteiger partial charge in [-0.25, -0.2) is 23.9 Å². The lowest BCUT2D eigenvalue weighted by Crippen LogP contribution is -2.51. The van der Waals surface area contributed by atoms with E-state index in [1.165, 1.54) is 20.3 Å². The summed E-state index contributed by atoms with van der Waals surface area (Å²) in [7, 11) is 2.52. The Kier molecular flexibility index (Phi) is 12.1. The van der Waals surface area contributed by atoms with Crippen LogP contribution in [-0.4, -0.2) is 105 Å². The van der Waals surface area contributed by atoms with Gasteiger partial charge in [-0.15, -0.1) is 0 Å². The Labute approximate surface area is 323 Å². The van der Waals surface area contributed by atoms with Crippen LogP contribution in [0.3, 0.4) is 0 Å². The van der Waals surface area contributed by atoms with Crippen molar-refractivity contribution in [1.29, 1.82) is 0 Å². The first-order valence-electron chi connectivity index (χ1n) is 18.3. The molecule has 2 aromatic heterocycles. The maximum Gasteiger partial charge on any atom is 0.407 e. The number of carbonyl (C=O) groups excluding carboxylic acids is 4. The predicted octanol–water partition coefficient (Wildman–Crippen LogP) is 6.07. The van der Waals surface area contributed by atoms with Crippen molar-refractivity contribution in [3.05, 3.63) is 72.3 Å². The molecule has 2 aromatic carbocycles. The topological polar surface area (TPSA) is 175 Å². The van der Waals surface area contributed by atoms with Gasteiger partial charge in [-0.2, -0.15) is 11.8 Å². The van der Waals surface area contributed by atoms with E-state index in [-0.39, 0.29) is 35.1 Å². The Balaban J connectivity index is 1.14. The number of H-pyrrole nitrogens is 2. The fourth-order valence-electron chi connectivity index (χ4n) is 7.26. The number of alkyl carbamates (subject to hydrolysis) is 2. The lowest BCUT2D eigenvalue weighted by molar-refractivity contribution is -0.135. The van der Waals surface area contributed by atoms with Gasteiger partial charge in [-0.3, -0.25) is 9.59 Å². The van der Waals surface area contributed by atoms with E-state index in [4.69, 9.17) is 4.74 Å². The molecular weight excluding hydrogens is 728 g/mol. The summed E-state index contributed by atoms with van der Waals surface area (Å²) in [5.74, 6) is 0.305. The van der Waals surface area contributed by atoms with E-state index in [9.17, 15) is 19.2 Å². The summed E-state index contributed by atoms with van der Waals surface area (Å²) in [6.45, 7) is 6.44. The highest BCUT2D eigenvalue weighted by Gasteiger charge is 2.40. The highest BCUT2D eigenvalue weighted by atomic mass is 32.2. The molecule has 5 atom stereocenters. The van der Waals surface area contributed by atoms with Gasteiger partial charge in [0, 0.05) is 29.5 Å². The lowest BCUT2D eigenvalue weighted by Gasteiger charge is -2.30. The van der Waals surface area contributed by atoms with Gasteiger partial charge in [-0.1, -0.05) is 50.2 Å². The van der Waals surface area contributed by atoms with Crippen LogP contribution in [0.5, 0.6) is 0 Å². The monoisotopic (exact) mass is 774 g/mol. The van der Waals surface area contributed by atoms with Gasteiger partial charge in [0.15, 0.2) is 0 Å². The number of ether oxygens (including phenoxy) is 2. The molecule has 2 fully saturated rings. The third-order valence-electron chi connectivity index (χ3n) is 10.3. The Hall–Kier alpha value is -5.38. The number of carbonyl (C=O) groups is 4. The molecule has 6 rings (SSSR count). The Morgan fingerprint density at radius 3 is 2.05 bits per heavy atom. The number of thioether (sulfide) groups is 1. The van der Waals surface area contributed by atoms with Crippen LogP contribution in [0, 0.1) is 11.7 Å². The molecule has 16 heteroatoms. The van der Waals surface area contributed by atoms with Crippen LogP contribution in [-0.2, 0) is 19.1 Å². The molecule has 292 valence electrons. The second-order valence-electron chi connectivity index (χ2n) is 14.1. The minimum Gasteiger partial charge on any atom is -0.453 e. The second kappa shape index (κ2) is 17.0. The summed E-state index contributed by atoms with van der Waals surface area (Å²) >= 11 is 1.67. The molecule has 0 radical (unpaired) electrons. The molecule has 0 aliphatic carbocycles. The minimum absolute atomic E-state index is 0.133. The number of aromatic nitrogens is 4. The van der Waals surface area contributed by atoms with Crippen LogP contribution in [0.1, 0.15) is 63.8 Å². The Morgan fingerprint density at radius 1 is 0.836 bits per heavy atom. The zero-order valence-corrected chi connectivity index (χ0v) is 32.5. The molecule has 4 N–H and O–H groups in total. The number of methoxy groups -OCH3 is 2. The van der Waals surface area contributed by atoms with Gasteiger partial charge < -0.3 is 39.9 Å². The maximum atomic E-state index is 15.7. The largest absolute Gasteiger partial charge is 0.453 e. The average molecular weight is 775 g/mol. The molecular formula is C39H47FN8O6S. The molecule has 14 nitrogen and oxygen atoms in total. The molecule has 2 aliphatic heterocycles. The van der Waals surface area contributed by atoms with E-state index in [2.05, 4.69) is 35.3 Å². The van der Waals surface area contributed by atoms with Gasteiger partial charge >= 0.3 is 12.2 Å². The van der Waals surface area contributed by atoms with Crippen molar-refractivity contribution in [2.75, 3.05) is 33.6 Å². The fourth-order valence-corrected chi connectivity index (χ4v) is 7.95. The number of imidazole rings is 2. The molecule has 4 heterocycles. The van der Waals surface area contributed by atoms with Crippen molar-refractivity contribution in [3.63, 3.8) is 0 Å². The van der Waals surface area contributed by atoms with Crippen molar-refractivity contribution in [1.82, 2.24) is 40.4 Å². The first-order chi connectivity index (χ1) is 26.4. The SMILES string of the molecule is COC(=O)NC(C)C(=O)N1CC(SC)CC1c1ncc(-c2ccc(-c3ccc(-c4cnc(C5CCCN5C(=O)C(NC(=O)OC)C(C)C)[nH]4)cc3)c(F)c2)[nH]1. The van der Waals surface area contributed by atoms with Crippen molar-refractivity contribution in [2.45, 2.75) is 69.5 Å².